The van der Waals surface area contributed by atoms with Gasteiger partial charge in [-0.25, -0.2) is 14.4 Å². The van der Waals surface area contributed by atoms with Crippen LogP contribution in [0.5, 0.6) is 0 Å². The Kier molecular flexibility index (Phi) is 5.31. The van der Waals surface area contributed by atoms with Gasteiger partial charge in [0.1, 0.15) is 5.82 Å². The van der Waals surface area contributed by atoms with E-state index in [2.05, 4.69) is 9.97 Å². The predicted molar refractivity (Wildman–Crippen MR) is 102 cm³/mol. The van der Waals surface area contributed by atoms with Gasteiger partial charge >= 0.3 is 6.18 Å². The van der Waals surface area contributed by atoms with Gasteiger partial charge in [-0.05, 0) is 55.2 Å². The van der Waals surface area contributed by atoms with Crippen LogP contribution in [0.25, 0.3) is 22.2 Å². The number of aliphatic hydroxyl groups excluding tert-OH is 1. The highest BCUT2D eigenvalue weighted by Crippen LogP contribution is 2.30. The Bertz CT molecular complexity index is 1120. The largest absolute Gasteiger partial charge is 0.419 e. The molecule has 0 saturated heterocycles. The average molecular weight is 421 g/mol. The van der Waals surface area contributed by atoms with Crippen molar-refractivity contribution < 1.29 is 22.7 Å². The normalized spacial score (nSPS) is 19.9. The minimum atomic E-state index is -4.58. The molecule has 1 fully saturated rings. The number of aliphatic hydroxyl groups is 1. The van der Waals surface area contributed by atoms with Crippen molar-refractivity contribution in [1.29, 1.82) is 0 Å². The molecule has 158 valence electrons. The lowest BCUT2D eigenvalue weighted by atomic mass is 9.87. The summed E-state index contributed by atoms with van der Waals surface area (Å²) in [6.45, 7) is 0.493. The molecule has 30 heavy (non-hydrogen) atoms. The molecule has 0 radical (unpaired) electrons. The molecule has 0 aliphatic heterocycles. The second-order valence-corrected chi connectivity index (χ2v) is 7.66. The number of pyridine rings is 1. The van der Waals surface area contributed by atoms with Crippen LogP contribution in [0, 0.1) is 11.7 Å². The number of benzene rings is 1. The number of aromatic nitrogens is 3. The lowest BCUT2D eigenvalue weighted by molar-refractivity contribution is -0.138. The van der Waals surface area contributed by atoms with E-state index in [4.69, 9.17) is 0 Å². The van der Waals surface area contributed by atoms with Crippen LogP contribution in [0.1, 0.15) is 31.2 Å². The molecule has 0 unspecified atom stereocenters. The minimum Gasteiger partial charge on any atom is -0.393 e. The van der Waals surface area contributed by atoms with Crippen molar-refractivity contribution in [1.82, 2.24) is 14.5 Å². The highest BCUT2D eigenvalue weighted by molar-refractivity contribution is 5.85. The van der Waals surface area contributed by atoms with Crippen molar-refractivity contribution in [3.63, 3.8) is 0 Å². The van der Waals surface area contributed by atoms with E-state index in [-0.39, 0.29) is 34.4 Å². The third kappa shape index (κ3) is 4.07. The summed E-state index contributed by atoms with van der Waals surface area (Å²) >= 11 is 0. The monoisotopic (exact) mass is 421 g/mol. The molecular formula is C21H19F4N3O2. The van der Waals surface area contributed by atoms with Gasteiger partial charge in [-0.15, -0.1) is 0 Å². The smallest absolute Gasteiger partial charge is 0.393 e. The molecule has 0 bridgehead atoms. The summed E-state index contributed by atoms with van der Waals surface area (Å²) < 4.78 is 54.2. The van der Waals surface area contributed by atoms with Crippen LogP contribution < -0.4 is 5.56 Å². The van der Waals surface area contributed by atoms with Gasteiger partial charge < -0.3 is 9.67 Å². The number of alkyl halides is 3. The third-order valence-corrected chi connectivity index (χ3v) is 5.56. The van der Waals surface area contributed by atoms with E-state index < -0.39 is 17.6 Å². The van der Waals surface area contributed by atoms with Gasteiger partial charge in [-0.2, -0.15) is 13.2 Å². The second-order valence-electron chi connectivity index (χ2n) is 7.66. The minimum absolute atomic E-state index is 0.0744. The van der Waals surface area contributed by atoms with Crippen LogP contribution in [0.4, 0.5) is 17.6 Å². The molecule has 1 N–H and O–H groups in total. The molecule has 1 aromatic carbocycles. The number of hydrogen-bond donors (Lipinski definition) is 1. The Labute approximate surface area is 169 Å². The first-order chi connectivity index (χ1) is 14.2. The van der Waals surface area contributed by atoms with Crippen molar-refractivity contribution in [2.75, 3.05) is 0 Å². The molecule has 1 aliphatic rings. The van der Waals surface area contributed by atoms with Crippen LogP contribution in [0.3, 0.4) is 0 Å². The number of fused-ring (bicyclic) bond motifs is 1. The number of halogens is 4. The lowest BCUT2D eigenvalue weighted by Crippen LogP contribution is -2.27. The van der Waals surface area contributed by atoms with Crippen molar-refractivity contribution in [2.45, 2.75) is 44.5 Å². The maximum absolute atomic E-state index is 14.7. The molecule has 1 aliphatic carbocycles. The van der Waals surface area contributed by atoms with Crippen molar-refractivity contribution in [3.8, 4) is 11.4 Å². The Morgan fingerprint density at radius 3 is 2.40 bits per heavy atom. The Morgan fingerprint density at radius 1 is 1.10 bits per heavy atom. The van der Waals surface area contributed by atoms with Crippen LogP contribution in [-0.4, -0.2) is 25.7 Å². The van der Waals surface area contributed by atoms with Crippen LogP contribution in [0.2, 0.25) is 0 Å². The molecule has 3 aromatic rings. The Balaban J connectivity index is 1.65. The number of nitrogens with zero attached hydrogens (tertiary/aromatic N) is 3. The topological polar surface area (TPSA) is 68.0 Å². The van der Waals surface area contributed by atoms with Gasteiger partial charge in [0, 0.05) is 25.1 Å². The zero-order chi connectivity index (χ0) is 21.5. The molecule has 9 heteroatoms. The summed E-state index contributed by atoms with van der Waals surface area (Å²) in [5.74, 6) is -0.696. The summed E-state index contributed by atoms with van der Waals surface area (Å²) in [5.41, 5.74) is -1.43. The van der Waals surface area contributed by atoms with E-state index in [1.807, 2.05) is 0 Å². The van der Waals surface area contributed by atoms with Crippen LogP contribution >= 0.6 is 0 Å². The SMILES string of the molecule is O=c1c2cc(F)c(-c3ncc(C(F)(F)F)cn3)cc2ccn1CC1CCC(O)CC1. The molecule has 0 amide bonds. The van der Waals surface area contributed by atoms with Gasteiger partial charge in [0.2, 0.25) is 0 Å². The third-order valence-electron chi connectivity index (χ3n) is 5.56. The fraction of sp³-hybridized carbons (Fsp3) is 0.381. The van der Waals surface area contributed by atoms with Crippen molar-refractivity contribution >= 4 is 10.8 Å². The van der Waals surface area contributed by atoms with Crippen molar-refractivity contribution in [2.24, 2.45) is 5.92 Å². The standard InChI is InChI=1S/C21H19F4N3O2/c22-18-8-16-13(7-17(18)19-26-9-14(10-27-19)21(23,24)25)5-6-28(20(16)30)11-12-1-3-15(29)4-2-12/h5-10,12,15,29H,1-4,11H2. The molecule has 0 spiro atoms. The summed E-state index contributed by atoms with van der Waals surface area (Å²) in [7, 11) is 0. The maximum Gasteiger partial charge on any atom is 0.419 e. The quantitative estimate of drug-likeness (QED) is 0.645. The van der Waals surface area contributed by atoms with Crippen LogP contribution in [0.15, 0.2) is 41.6 Å². The van der Waals surface area contributed by atoms with E-state index in [0.717, 1.165) is 18.9 Å². The second kappa shape index (κ2) is 7.79. The highest BCUT2D eigenvalue weighted by atomic mass is 19.4. The zero-order valence-corrected chi connectivity index (χ0v) is 15.9. The van der Waals surface area contributed by atoms with Crippen molar-refractivity contribution in [3.05, 3.63) is 58.5 Å². The van der Waals surface area contributed by atoms with Gasteiger partial charge in [0.05, 0.1) is 22.6 Å². The molecule has 4 rings (SSSR count). The Morgan fingerprint density at radius 2 is 1.77 bits per heavy atom. The fourth-order valence-electron chi connectivity index (χ4n) is 3.84. The first-order valence-electron chi connectivity index (χ1n) is 9.63. The van der Waals surface area contributed by atoms with E-state index >= 15 is 0 Å². The van der Waals surface area contributed by atoms with E-state index in [1.54, 1.807) is 16.8 Å². The molecule has 0 atom stereocenters. The van der Waals surface area contributed by atoms with Gasteiger partial charge in [0.25, 0.3) is 5.56 Å². The Hall–Kier alpha value is -2.81. The molecular weight excluding hydrogens is 402 g/mol. The number of hydrogen-bond acceptors (Lipinski definition) is 4. The molecule has 5 nitrogen and oxygen atoms in total. The molecule has 2 aromatic heterocycles. The van der Waals surface area contributed by atoms with Gasteiger partial charge in [-0.1, -0.05) is 0 Å². The first-order valence-corrected chi connectivity index (χ1v) is 9.63. The predicted octanol–water partition coefficient (Wildman–Crippen LogP) is 4.17. The summed E-state index contributed by atoms with van der Waals surface area (Å²) in [6.07, 6.45) is 1.03. The summed E-state index contributed by atoms with van der Waals surface area (Å²) in [5, 5.41) is 10.3. The zero-order valence-electron chi connectivity index (χ0n) is 15.9. The molecule has 2 heterocycles. The van der Waals surface area contributed by atoms with E-state index in [9.17, 15) is 27.5 Å². The highest BCUT2D eigenvalue weighted by Gasteiger charge is 2.31. The maximum atomic E-state index is 14.7. The average Bonchev–Trinajstić information content (AvgIpc) is 2.71. The number of rotatable bonds is 3. The van der Waals surface area contributed by atoms with Crippen LogP contribution in [-0.2, 0) is 12.7 Å². The summed E-state index contributed by atoms with van der Waals surface area (Å²) in [6, 6.07) is 4.12. The fourth-order valence-corrected chi connectivity index (χ4v) is 3.84. The molecule has 1 saturated carbocycles. The summed E-state index contributed by atoms with van der Waals surface area (Å²) in [4.78, 5) is 20.1. The van der Waals surface area contributed by atoms with E-state index in [1.165, 1.54) is 6.07 Å². The van der Waals surface area contributed by atoms with Gasteiger partial charge in [-0.3, -0.25) is 4.79 Å². The van der Waals surface area contributed by atoms with E-state index in [0.29, 0.717) is 37.2 Å². The first kappa shape index (κ1) is 20.5. The lowest BCUT2D eigenvalue weighted by Gasteiger charge is -2.25. The van der Waals surface area contributed by atoms with Gasteiger partial charge in [0.15, 0.2) is 5.82 Å².